The Balaban J connectivity index is 0.00000441. The van der Waals surface area contributed by atoms with Crippen LogP contribution in [-0.2, 0) is 19.6 Å². The van der Waals surface area contributed by atoms with Crippen LogP contribution >= 0.6 is 12.4 Å². The topological polar surface area (TPSA) is 102 Å². The Bertz CT molecular complexity index is 456. The number of halogens is 1. The van der Waals surface area contributed by atoms with Crippen LogP contribution in [0, 0.1) is 5.41 Å². The number of likely N-dealkylation sites (tertiary alicyclic amines) is 1. The lowest BCUT2D eigenvalue weighted by atomic mass is 9.80. The predicted octanol–water partition coefficient (Wildman–Crippen LogP) is -0.0501. The summed E-state index contributed by atoms with van der Waals surface area (Å²) in [6.07, 6.45) is 0.732. The molecule has 1 heterocycles. The number of nitrogens with two attached hydrogens (primary N) is 1. The van der Waals surface area contributed by atoms with Gasteiger partial charge in [-0.05, 0) is 18.8 Å². The van der Waals surface area contributed by atoms with Crippen molar-refractivity contribution >= 4 is 28.3 Å². The zero-order valence-corrected chi connectivity index (χ0v) is 15.1. The van der Waals surface area contributed by atoms with Crippen molar-refractivity contribution in [2.45, 2.75) is 33.2 Å². The van der Waals surface area contributed by atoms with Gasteiger partial charge in [-0.25, -0.2) is 13.1 Å². The van der Waals surface area contributed by atoms with Crippen molar-refractivity contribution < 1.29 is 17.9 Å². The maximum Gasteiger partial charge on any atom is 0.237 e. The molecule has 1 fully saturated rings. The summed E-state index contributed by atoms with van der Waals surface area (Å²) in [5, 5.41) is 0. The average molecular weight is 358 g/mol. The third kappa shape index (κ3) is 6.78. The minimum Gasteiger partial charge on any atom is -0.381 e. The number of nitrogens with one attached hydrogen (secondary N) is 1. The molecule has 0 bridgehead atoms. The van der Waals surface area contributed by atoms with Crippen molar-refractivity contribution in [2.24, 2.45) is 11.1 Å². The minimum atomic E-state index is -3.47. The van der Waals surface area contributed by atoms with E-state index in [1.165, 1.54) is 0 Å². The highest BCUT2D eigenvalue weighted by molar-refractivity contribution is 7.89. The molecule has 9 heteroatoms. The summed E-state index contributed by atoms with van der Waals surface area (Å²) in [7, 11) is -3.47. The van der Waals surface area contributed by atoms with Crippen molar-refractivity contribution in [3.63, 3.8) is 0 Å². The molecule has 1 aliphatic heterocycles. The standard InChI is InChI=1S/C13H27N3O4S.ClH/c1-4-20-7-8-21(18,19)15-9-12(17)16-6-5-11(14)13(2,3)10-16;/h11,15H,4-10,14H2,1-3H3;1H. The number of carbonyl (C=O) groups is 1. The van der Waals surface area contributed by atoms with Gasteiger partial charge >= 0.3 is 0 Å². The van der Waals surface area contributed by atoms with Gasteiger partial charge in [0, 0.05) is 25.7 Å². The highest BCUT2D eigenvalue weighted by Crippen LogP contribution is 2.27. The smallest absolute Gasteiger partial charge is 0.237 e. The molecule has 1 amide bonds. The number of sulfonamides is 1. The molecular weight excluding hydrogens is 330 g/mol. The second-order valence-corrected chi connectivity index (χ2v) is 7.96. The van der Waals surface area contributed by atoms with Crippen LogP contribution < -0.4 is 10.5 Å². The number of nitrogens with zero attached hydrogens (tertiary/aromatic N) is 1. The van der Waals surface area contributed by atoms with Gasteiger partial charge < -0.3 is 15.4 Å². The van der Waals surface area contributed by atoms with E-state index < -0.39 is 10.0 Å². The van der Waals surface area contributed by atoms with Gasteiger partial charge in [0.05, 0.1) is 18.9 Å². The predicted molar refractivity (Wildman–Crippen MR) is 88.5 cm³/mol. The number of carbonyl (C=O) groups excluding carboxylic acids is 1. The normalized spacial score (nSPS) is 21.3. The highest BCUT2D eigenvalue weighted by Gasteiger charge is 2.35. The Hall–Kier alpha value is -0.410. The lowest BCUT2D eigenvalue weighted by Crippen LogP contribution is -2.55. The van der Waals surface area contributed by atoms with Crippen LogP contribution in [0.4, 0.5) is 0 Å². The SMILES string of the molecule is CCOCCS(=O)(=O)NCC(=O)N1CCC(N)C(C)(C)C1.Cl. The van der Waals surface area contributed by atoms with Gasteiger partial charge in [-0.15, -0.1) is 12.4 Å². The first-order valence-electron chi connectivity index (χ1n) is 7.26. The third-order valence-corrected chi connectivity index (χ3v) is 5.10. The molecule has 3 N–H and O–H groups in total. The maximum absolute atomic E-state index is 12.1. The lowest BCUT2D eigenvalue weighted by Gasteiger charge is -2.42. The number of amides is 1. The largest absolute Gasteiger partial charge is 0.381 e. The van der Waals surface area contributed by atoms with Gasteiger partial charge in [0.1, 0.15) is 0 Å². The molecule has 0 saturated carbocycles. The fraction of sp³-hybridized carbons (Fsp3) is 0.923. The molecule has 22 heavy (non-hydrogen) atoms. The number of rotatable bonds is 7. The Morgan fingerprint density at radius 2 is 2.09 bits per heavy atom. The monoisotopic (exact) mass is 357 g/mol. The summed E-state index contributed by atoms with van der Waals surface area (Å²) in [5.74, 6) is -0.347. The molecular formula is C13H28ClN3O4S. The minimum absolute atomic E-state index is 0. The zero-order valence-electron chi connectivity index (χ0n) is 13.5. The summed E-state index contributed by atoms with van der Waals surface area (Å²) in [5.41, 5.74) is 5.87. The fourth-order valence-corrected chi connectivity index (χ4v) is 3.08. The first-order valence-corrected chi connectivity index (χ1v) is 8.91. The molecule has 1 saturated heterocycles. The molecule has 0 aliphatic carbocycles. The summed E-state index contributed by atoms with van der Waals surface area (Å²) in [6, 6.07) is 0.0597. The Kier molecular flexibility index (Phi) is 8.86. The van der Waals surface area contributed by atoms with E-state index >= 15 is 0 Å². The van der Waals surface area contributed by atoms with E-state index in [0.29, 0.717) is 19.7 Å². The van der Waals surface area contributed by atoms with Crippen LogP contribution in [0.25, 0.3) is 0 Å². The Morgan fingerprint density at radius 1 is 1.45 bits per heavy atom. The van der Waals surface area contributed by atoms with Gasteiger partial charge in [0.15, 0.2) is 0 Å². The van der Waals surface area contributed by atoms with Crippen molar-refractivity contribution in [2.75, 3.05) is 38.6 Å². The Morgan fingerprint density at radius 3 is 2.64 bits per heavy atom. The van der Waals surface area contributed by atoms with Crippen LogP contribution in [-0.4, -0.2) is 63.9 Å². The first kappa shape index (κ1) is 21.6. The highest BCUT2D eigenvalue weighted by atomic mass is 35.5. The second kappa shape index (κ2) is 9.02. The van der Waals surface area contributed by atoms with Crippen molar-refractivity contribution in [1.29, 1.82) is 0 Å². The van der Waals surface area contributed by atoms with Crippen molar-refractivity contribution in [3.8, 4) is 0 Å². The van der Waals surface area contributed by atoms with E-state index in [-0.39, 0.29) is 48.7 Å². The second-order valence-electron chi connectivity index (χ2n) is 6.04. The third-order valence-electron chi connectivity index (χ3n) is 3.81. The molecule has 0 spiro atoms. The van der Waals surface area contributed by atoms with Crippen molar-refractivity contribution in [3.05, 3.63) is 0 Å². The Labute approximate surface area is 139 Å². The molecule has 1 unspecified atom stereocenters. The molecule has 7 nitrogen and oxygen atoms in total. The molecule has 0 radical (unpaired) electrons. The molecule has 0 aromatic heterocycles. The van der Waals surface area contributed by atoms with Gasteiger partial charge in [0.2, 0.25) is 15.9 Å². The van der Waals surface area contributed by atoms with Crippen LogP contribution in [0.1, 0.15) is 27.2 Å². The van der Waals surface area contributed by atoms with Crippen molar-refractivity contribution in [1.82, 2.24) is 9.62 Å². The van der Waals surface area contributed by atoms with E-state index in [1.807, 2.05) is 13.8 Å². The molecule has 1 aliphatic rings. The fourth-order valence-electron chi connectivity index (χ4n) is 2.26. The van der Waals surface area contributed by atoms with Crippen LogP contribution in [0.5, 0.6) is 0 Å². The van der Waals surface area contributed by atoms with Gasteiger partial charge in [-0.2, -0.15) is 0 Å². The molecule has 1 rings (SSSR count). The number of hydrogen-bond donors (Lipinski definition) is 2. The summed E-state index contributed by atoms with van der Waals surface area (Å²) < 4.78 is 30.7. The molecule has 1 atom stereocenters. The van der Waals surface area contributed by atoms with Crippen LogP contribution in [0.15, 0.2) is 0 Å². The van der Waals surface area contributed by atoms with E-state index in [0.717, 1.165) is 6.42 Å². The number of piperidine rings is 1. The maximum atomic E-state index is 12.1. The lowest BCUT2D eigenvalue weighted by molar-refractivity contribution is -0.133. The van der Waals surface area contributed by atoms with Gasteiger partial charge in [0.25, 0.3) is 0 Å². The molecule has 0 aromatic carbocycles. The van der Waals surface area contributed by atoms with Gasteiger partial charge in [-0.3, -0.25) is 4.79 Å². The van der Waals surface area contributed by atoms with Crippen LogP contribution in [0.3, 0.4) is 0 Å². The van der Waals surface area contributed by atoms with E-state index in [9.17, 15) is 13.2 Å². The molecule has 132 valence electrons. The number of ether oxygens (including phenoxy) is 1. The molecule has 0 aromatic rings. The van der Waals surface area contributed by atoms with Crippen LogP contribution in [0.2, 0.25) is 0 Å². The number of hydrogen-bond acceptors (Lipinski definition) is 5. The van der Waals surface area contributed by atoms with Gasteiger partial charge in [-0.1, -0.05) is 13.8 Å². The first-order chi connectivity index (χ1) is 9.68. The van der Waals surface area contributed by atoms with E-state index in [2.05, 4.69) is 4.72 Å². The quantitative estimate of drug-likeness (QED) is 0.622. The average Bonchev–Trinajstić information content (AvgIpc) is 2.39. The summed E-state index contributed by atoms with van der Waals surface area (Å²) in [4.78, 5) is 13.8. The summed E-state index contributed by atoms with van der Waals surface area (Å²) >= 11 is 0. The van der Waals surface area contributed by atoms with E-state index in [1.54, 1.807) is 11.8 Å². The van der Waals surface area contributed by atoms with E-state index in [4.69, 9.17) is 10.5 Å². The summed E-state index contributed by atoms with van der Waals surface area (Å²) in [6.45, 7) is 7.35. The zero-order chi connectivity index (χ0) is 16.1.